The van der Waals surface area contributed by atoms with E-state index >= 15 is 0 Å². The summed E-state index contributed by atoms with van der Waals surface area (Å²) in [5, 5.41) is 19.2. The third kappa shape index (κ3) is 3.20. The molecule has 1 amide bonds. The molecule has 1 atom stereocenters. The van der Waals surface area contributed by atoms with Gasteiger partial charge in [-0.15, -0.1) is 10.2 Å². The predicted octanol–water partition coefficient (Wildman–Crippen LogP) is 0.808. The number of nitrogens with zero attached hydrogens (tertiary/aromatic N) is 6. The molecule has 3 aromatic rings. The standard InChI is InChI=1S/C17H20N8OS/c26-16(20-12-2-1-11-8-18-22-13(11)7-12)14-9-25-6-5-24(4-3-15(25)21-14)17-23-19-10-27-17/h8-10,12H,1-7H2,(H,18,22)(H,20,26). The van der Waals surface area contributed by atoms with E-state index < -0.39 is 0 Å². The summed E-state index contributed by atoms with van der Waals surface area (Å²) in [5.74, 6) is 0.858. The lowest BCUT2D eigenvalue weighted by Crippen LogP contribution is -2.39. The van der Waals surface area contributed by atoms with E-state index in [-0.39, 0.29) is 11.9 Å². The molecule has 2 N–H and O–H groups in total. The lowest BCUT2D eigenvalue weighted by Gasteiger charge is -2.22. The van der Waals surface area contributed by atoms with E-state index in [9.17, 15) is 4.79 Å². The Morgan fingerprint density at radius 3 is 3.15 bits per heavy atom. The first-order valence-electron chi connectivity index (χ1n) is 9.15. The van der Waals surface area contributed by atoms with Crippen molar-refractivity contribution < 1.29 is 4.79 Å². The fourth-order valence-corrected chi connectivity index (χ4v) is 4.43. The van der Waals surface area contributed by atoms with Gasteiger partial charge in [-0.2, -0.15) is 5.10 Å². The Balaban J connectivity index is 1.24. The van der Waals surface area contributed by atoms with E-state index in [1.54, 1.807) is 16.8 Å². The highest BCUT2D eigenvalue weighted by Crippen LogP contribution is 2.21. The van der Waals surface area contributed by atoms with Crippen LogP contribution in [0.5, 0.6) is 0 Å². The molecule has 27 heavy (non-hydrogen) atoms. The number of imidazole rings is 1. The van der Waals surface area contributed by atoms with Crippen LogP contribution in [-0.2, 0) is 25.8 Å². The van der Waals surface area contributed by atoms with Gasteiger partial charge in [0.05, 0.1) is 6.20 Å². The Morgan fingerprint density at radius 1 is 1.30 bits per heavy atom. The van der Waals surface area contributed by atoms with Crippen molar-refractivity contribution in [2.75, 3.05) is 18.0 Å². The molecule has 5 rings (SSSR count). The summed E-state index contributed by atoms with van der Waals surface area (Å²) in [6.45, 7) is 2.46. The molecule has 4 heterocycles. The Hall–Kier alpha value is -2.75. The molecule has 0 spiro atoms. The van der Waals surface area contributed by atoms with Gasteiger partial charge in [0.1, 0.15) is 17.0 Å². The third-order valence-electron chi connectivity index (χ3n) is 5.28. The highest BCUT2D eigenvalue weighted by atomic mass is 32.1. The molecule has 0 bridgehead atoms. The molecule has 0 aromatic carbocycles. The predicted molar refractivity (Wildman–Crippen MR) is 99.9 cm³/mol. The minimum Gasteiger partial charge on any atom is -0.348 e. The first kappa shape index (κ1) is 16.4. The fraction of sp³-hybridized carbons (Fsp3) is 0.471. The fourth-order valence-electron chi connectivity index (χ4n) is 3.82. The molecule has 0 saturated heterocycles. The first-order chi connectivity index (χ1) is 13.3. The van der Waals surface area contributed by atoms with Gasteiger partial charge in [0.2, 0.25) is 5.13 Å². The number of aryl methyl sites for hydroxylation is 1. The minimum absolute atomic E-state index is 0.0930. The van der Waals surface area contributed by atoms with E-state index in [0.717, 1.165) is 62.0 Å². The first-order valence-corrected chi connectivity index (χ1v) is 10.0. The van der Waals surface area contributed by atoms with Crippen molar-refractivity contribution in [3.05, 3.63) is 40.7 Å². The van der Waals surface area contributed by atoms with Crippen LogP contribution < -0.4 is 10.2 Å². The van der Waals surface area contributed by atoms with E-state index in [4.69, 9.17) is 0 Å². The van der Waals surface area contributed by atoms with Crippen LogP contribution in [0.3, 0.4) is 0 Å². The van der Waals surface area contributed by atoms with Crippen LogP contribution >= 0.6 is 11.3 Å². The smallest absolute Gasteiger partial charge is 0.271 e. The Labute approximate surface area is 159 Å². The van der Waals surface area contributed by atoms with Crippen LogP contribution in [0.15, 0.2) is 17.9 Å². The van der Waals surface area contributed by atoms with Crippen LogP contribution in [-0.4, -0.2) is 55.0 Å². The maximum Gasteiger partial charge on any atom is 0.271 e. The summed E-state index contributed by atoms with van der Waals surface area (Å²) in [4.78, 5) is 19.5. The summed E-state index contributed by atoms with van der Waals surface area (Å²) in [6.07, 6.45) is 7.21. The molecule has 0 radical (unpaired) electrons. The second-order valence-corrected chi connectivity index (χ2v) is 7.79. The number of aromatic amines is 1. The second-order valence-electron chi connectivity index (χ2n) is 6.98. The molecule has 3 aromatic heterocycles. The molecule has 0 saturated carbocycles. The van der Waals surface area contributed by atoms with Crippen molar-refractivity contribution in [2.45, 2.75) is 38.3 Å². The average molecular weight is 384 g/mol. The summed E-state index contributed by atoms with van der Waals surface area (Å²) in [5.41, 5.74) is 4.64. The van der Waals surface area contributed by atoms with Crippen LogP contribution in [0, 0.1) is 0 Å². The molecule has 0 fully saturated rings. The van der Waals surface area contributed by atoms with Gasteiger partial charge in [0.25, 0.3) is 5.91 Å². The Bertz CT molecular complexity index is 921. The van der Waals surface area contributed by atoms with Crippen molar-refractivity contribution in [3.8, 4) is 0 Å². The molecule has 1 aliphatic heterocycles. The van der Waals surface area contributed by atoms with Crippen LogP contribution in [0.1, 0.15) is 34.0 Å². The second kappa shape index (κ2) is 6.76. The van der Waals surface area contributed by atoms with Crippen LogP contribution in [0.25, 0.3) is 0 Å². The van der Waals surface area contributed by atoms with Gasteiger partial charge >= 0.3 is 0 Å². The number of anilines is 1. The van der Waals surface area contributed by atoms with Crippen molar-refractivity contribution in [1.82, 2.24) is 35.3 Å². The number of nitrogens with one attached hydrogen (secondary N) is 2. The third-order valence-corrected chi connectivity index (χ3v) is 6.03. The molecule has 1 aliphatic carbocycles. The SMILES string of the molecule is O=C(NC1CCc2cn[nH]c2C1)c1cn2c(n1)CCN(c1nncs1)CC2. The summed E-state index contributed by atoms with van der Waals surface area (Å²) in [7, 11) is 0. The van der Waals surface area contributed by atoms with E-state index in [0.29, 0.717) is 5.69 Å². The van der Waals surface area contributed by atoms with E-state index in [2.05, 4.69) is 40.2 Å². The van der Waals surface area contributed by atoms with Crippen molar-refractivity contribution in [3.63, 3.8) is 0 Å². The number of hydrogen-bond acceptors (Lipinski definition) is 7. The van der Waals surface area contributed by atoms with Crippen LogP contribution in [0.4, 0.5) is 5.13 Å². The quantitative estimate of drug-likeness (QED) is 0.692. The van der Waals surface area contributed by atoms with E-state index in [1.165, 1.54) is 5.56 Å². The van der Waals surface area contributed by atoms with Crippen molar-refractivity contribution in [2.24, 2.45) is 0 Å². The number of carbonyl (C=O) groups is 1. The summed E-state index contributed by atoms with van der Waals surface area (Å²) in [6, 6.07) is 0.125. The number of carbonyl (C=O) groups excluding carboxylic acids is 1. The molecule has 2 aliphatic rings. The van der Waals surface area contributed by atoms with Crippen molar-refractivity contribution in [1.29, 1.82) is 0 Å². The highest BCUT2D eigenvalue weighted by Gasteiger charge is 2.24. The normalized spacial score (nSPS) is 19.3. The molecule has 10 heteroatoms. The summed E-state index contributed by atoms with van der Waals surface area (Å²) < 4.78 is 2.09. The van der Waals surface area contributed by atoms with Crippen molar-refractivity contribution >= 4 is 22.4 Å². The largest absolute Gasteiger partial charge is 0.348 e. The van der Waals surface area contributed by atoms with Gasteiger partial charge in [-0.3, -0.25) is 9.89 Å². The van der Waals surface area contributed by atoms with E-state index in [1.807, 2.05) is 12.4 Å². The lowest BCUT2D eigenvalue weighted by atomic mass is 9.94. The Morgan fingerprint density at radius 2 is 2.26 bits per heavy atom. The number of amides is 1. The maximum atomic E-state index is 12.7. The van der Waals surface area contributed by atoms with Gasteiger partial charge in [-0.25, -0.2) is 4.98 Å². The topological polar surface area (TPSA) is 105 Å². The van der Waals surface area contributed by atoms with Crippen LogP contribution in [0.2, 0.25) is 0 Å². The van der Waals surface area contributed by atoms with Gasteiger partial charge in [0.15, 0.2) is 0 Å². The van der Waals surface area contributed by atoms with Gasteiger partial charge in [-0.1, -0.05) is 11.3 Å². The number of H-pyrrole nitrogens is 1. The number of fused-ring (bicyclic) bond motifs is 2. The molecular weight excluding hydrogens is 364 g/mol. The minimum atomic E-state index is -0.0930. The Kier molecular flexibility index (Phi) is 4.12. The average Bonchev–Trinajstić information content (AvgIpc) is 3.41. The monoisotopic (exact) mass is 384 g/mol. The van der Waals surface area contributed by atoms with Gasteiger partial charge in [0, 0.05) is 50.4 Å². The lowest BCUT2D eigenvalue weighted by molar-refractivity contribution is 0.0928. The number of rotatable bonds is 3. The molecule has 1 unspecified atom stereocenters. The zero-order valence-electron chi connectivity index (χ0n) is 14.8. The van der Waals surface area contributed by atoms with Gasteiger partial charge in [-0.05, 0) is 18.4 Å². The molecule has 9 nitrogen and oxygen atoms in total. The van der Waals surface area contributed by atoms with Gasteiger partial charge < -0.3 is 14.8 Å². The molecule has 140 valence electrons. The number of aromatic nitrogens is 6. The molecular formula is C17H20N8OS. The highest BCUT2D eigenvalue weighted by molar-refractivity contribution is 7.13. The zero-order valence-corrected chi connectivity index (χ0v) is 15.6. The number of hydrogen-bond donors (Lipinski definition) is 2. The maximum absolute atomic E-state index is 12.7. The summed E-state index contributed by atoms with van der Waals surface area (Å²) >= 11 is 1.55. The zero-order chi connectivity index (χ0) is 18.2.